The van der Waals surface area contributed by atoms with Gasteiger partial charge in [0.25, 0.3) is 0 Å². The fourth-order valence-electron chi connectivity index (χ4n) is 2.10. The van der Waals surface area contributed by atoms with Gasteiger partial charge >= 0.3 is 5.97 Å². The molecule has 0 spiro atoms. The van der Waals surface area contributed by atoms with E-state index >= 15 is 0 Å². The Hall–Kier alpha value is -1.01. The number of rotatable bonds is 6. The van der Waals surface area contributed by atoms with Crippen molar-refractivity contribution in [2.45, 2.75) is 31.5 Å². The Kier molecular flexibility index (Phi) is 4.66. The number of carboxylic acid groups (broad SMARTS) is 1. The first kappa shape index (κ1) is 13.4. The van der Waals surface area contributed by atoms with E-state index in [1.54, 1.807) is 0 Å². The zero-order valence-corrected chi connectivity index (χ0v) is 11.3. The molecule has 1 unspecified atom stereocenters. The summed E-state index contributed by atoms with van der Waals surface area (Å²) in [5.41, 5.74) is 1.16. The van der Waals surface area contributed by atoms with Crippen LogP contribution in [0.2, 0.25) is 0 Å². The minimum atomic E-state index is -0.809. The van der Waals surface area contributed by atoms with E-state index in [0.29, 0.717) is 5.92 Å². The van der Waals surface area contributed by atoms with Crippen molar-refractivity contribution in [3.8, 4) is 0 Å². The van der Waals surface area contributed by atoms with Crippen LogP contribution in [0.4, 0.5) is 0 Å². The number of nitrogens with zero attached hydrogens (tertiary/aromatic N) is 2. The average molecular weight is 270 g/mol. The lowest BCUT2D eigenvalue weighted by Gasteiger charge is -2.14. The predicted octanol–water partition coefficient (Wildman–Crippen LogP) is 1.66. The molecule has 1 atom stereocenters. The quantitative estimate of drug-likeness (QED) is 0.796. The summed E-state index contributed by atoms with van der Waals surface area (Å²) in [5.74, 6) is -0.230. The third-order valence-corrected chi connectivity index (χ3v) is 4.03. The molecular formula is C12H18N2O3S. The molecule has 1 fully saturated rings. The van der Waals surface area contributed by atoms with Gasteiger partial charge < -0.3 is 14.4 Å². The molecule has 0 amide bonds. The van der Waals surface area contributed by atoms with Crippen molar-refractivity contribution >= 4 is 17.7 Å². The van der Waals surface area contributed by atoms with E-state index in [4.69, 9.17) is 9.84 Å². The molecule has 5 nitrogen and oxygen atoms in total. The van der Waals surface area contributed by atoms with Crippen molar-refractivity contribution in [2.24, 2.45) is 5.92 Å². The van der Waals surface area contributed by atoms with Crippen LogP contribution in [-0.2, 0) is 22.5 Å². The molecule has 1 saturated heterocycles. The van der Waals surface area contributed by atoms with E-state index in [1.165, 1.54) is 11.8 Å². The van der Waals surface area contributed by atoms with E-state index in [1.807, 2.05) is 6.20 Å². The molecular weight excluding hydrogens is 252 g/mol. The average Bonchev–Trinajstić information content (AvgIpc) is 2.97. The molecule has 100 valence electrons. The molecule has 0 aromatic carbocycles. The smallest absolute Gasteiger partial charge is 0.313 e. The summed E-state index contributed by atoms with van der Waals surface area (Å²) in [7, 11) is 0. The van der Waals surface area contributed by atoms with E-state index in [2.05, 4.69) is 16.5 Å². The Bertz CT molecular complexity index is 413. The molecule has 2 rings (SSSR count). The number of aryl methyl sites for hydroxylation is 1. The summed E-state index contributed by atoms with van der Waals surface area (Å²) in [6.45, 7) is 4.60. The SMILES string of the molecule is CCc1cnc(SCC(=O)O)n1CC1CCOC1. The number of hydrogen-bond donors (Lipinski definition) is 1. The van der Waals surface area contributed by atoms with Gasteiger partial charge in [-0.25, -0.2) is 4.98 Å². The Balaban J connectivity index is 2.08. The number of ether oxygens (including phenoxy) is 1. The van der Waals surface area contributed by atoms with E-state index in [-0.39, 0.29) is 5.75 Å². The van der Waals surface area contributed by atoms with Crippen LogP contribution in [0.5, 0.6) is 0 Å². The third-order valence-electron chi connectivity index (χ3n) is 3.05. The van der Waals surface area contributed by atoms with Crippen molar-refractivity contribution in [3.63, 3.8) is 0 Å². The minimum Gasteiger partial charge on any atom is -0.481 e. The number of aromatic nitrogens is 2. The Labute approximate surface area is 111 Å². The lowest BCUT2D eigenvalue weighted by atomic mass is 10.1. The van der Waals surface area contributed by atoms with Crippen LogP contribution in [0.1, 0.15) is 19.0 Å². The zero-order valence-electron chi connectivity index (χ0n) is 10.5. The summed E-state index contributed by atoms with van der Waals surface area (Å²) in [6.07, 6.45) is 3.83. The van der Waals surface area contributed by atoms with Crippen LogP contribution in [-0.4, -0.2) is 39.6 Å². The summed E-state index contributed by atoms with van der Waals surface area (Å²) in [5, 5.41) is 9.54. The van der Waals surface area contributed by atoms with Crippen molar-refractivity contribution in [1.29, 1.82) is 0 Å². The lowest BCUT2D eigenvalue weighted by molar-refractivity contribution is -0.133. The van der Waals surface area contributed by atoms with E-state index in [9.17, 15) is 4.79 Å². The number of hydrogen-bond acceptors (Lipinski definition) is 4. The van der Waals surface area contributed by atoms with Gasteiger partial charge in [-0.05, 0) is 12.8 Å². The highest BCUT2D eigenvalue weighted by molar-refractivity contribution is 7.99. The van der Waals surface area contributed by atoms with Gasteiger partial charge in [-0.1, -0.05) is 18.7 Å². The summed E-state index contributed by atoms with van der Waals surface area (Å²) in [4.78, 5) is 14.9. The van der Waals surface area contributed by atoms with E-state index in [0.717, 1.165) is 43.5 Å². The first-order valence-corrected chi connectivity index (χ1v) is 7.16. The topological polar surface area (TPSA) is 64.3 Å². The van der Waals surface area contributed by atoms with Gasteiger partial charge in [0.2, 0.25) is 0 Å². The molecule has 0 saturated carbocycles. The molecule has 1 aliphatic rings. The molecule has 2 heterocycles. The number of carboxylic acids is 1. The standard InChI is InChI=1S/C12H18N2O3S/c1-2-10-5-13-12(18-8-11(15)16)14(10)6-9-3-4-17-7-9/h5,9H,2-4,6-8H2,1H3,(H,15,16). The summed E-state index contributed by atoms with van der Waals surface area (Å²) >= 11 is 1.29. The molecule has 0 radical (unpaired) electrons. The molecule has 1 aromatic rings. The maximum absolute atomic E-state index is 10.6. The highest BCUT2D eigenvalue weighted by Crippen LogP contribution is 2.23. The van der Waals surface area contributed by atoms with Gasteiger partial charge in [0.15, 0.2) is 5.16 Å². The van der Waals surface area contributed by atoms with E-state index < -0.39 is 5.97 Å². The highest BCUT2D eigenvalue weighted by atomic mass is 32.2. The molecule has 1 aromatic heterocycles. The molecule has 18 heavy (non-hydrogen) atoms. The van der Waals surface area contributed by atoms with Crippen molar-refractivity contribution < 1.29 is 14.6 Å². The fourth-order valence-corrected chi connectivity index (χ4v) is 2.82. The Morgan fingerprint density at radius 3 is 3.17 bits per heavy atom. The maximum atomic E-state index is 10.6. The second-order valence-electron chi connectivity index (χ2n) is 4.41. The van der Waals surface area contributed by atoms with Gasteiger partial charge in [-0.2, -0.15) is 0 Å². The van der Waals surface area contributed by atoms with Crippen molar-refractivity contribution in [3.05, 3.63) is 11.9 Å². The first-order valence-electron chi connectivity index (χ1n) is 6.17. The molecule has 1 N–H and O–H groups in total. The number of imidazole rings is 1. The molecule has 0 aliphatic carbocycles. The Morgan fingerprint density at radius 2 is 2.56 bits per heavy atom. The third kappa shape index (κ3) is 3.26. The first-order chi connectivity index (χ1) is 8.70. The van der Waals surface area contributed by atoms with Crippen molar-refractivity contribution in [2.75, 3.05) is 19.0 Å². The summed E-state index contributed by atoms with van der Waals surface area (Å²) < 4.78 is 7.53. The fraction of sp³-hybridized carbons (Fsp3) is 0.667. The maximum Gasteiger partial charge on any atom is 0.313 e. The second kappa shape index (κ2) is 6.24. The van der Waals surface area contributed by atoms with Gasteiger partial charge in [-0.3, -0.25) is 4.79 Å². The minimum absolute atomic E-state index is 0.0569. The van der Waals surface area contributed by atoms with Gasteiger partial charge in [0.05, 0.1) is 12.4 Å². The van der Waals surface area contributed by atoms with Crippen LogP contribution < -0.4 is 0 Å². The van der Waals surface area contributed by atoms with Crippen LogP contribution in [0.25, 0.3) is 0 Å². The lowest BCUT2D eigenvalue weighted by Crippen LogP contribution is -2.14. The van der Waals surface area contributed by atoms with Crippen LogP contribution in [0.15, 0.2) is 11.4 Å². The van der Waals surface area contributed by atoms with Gasteiger partial charge in [0, 0.05) is 31.0 Å². The number of thioether (sulfide) groups is 1. The van der Waals surface area contributed by atoms with Crippen LogP contribution in [0, 0.1) is 5.92 Å². The summed E-state index contributed by atoms with van der Waals surface area (Å²) in [6, 6.07) is 0. The van der Waals surface area contributed by atoms with Gasteiger partial charge in [0.1, 0.15) is 0 Å². The monoisotopic (exact) mass is 270 g/mol. The second-order valence-corrected chi connectivity index (χ2v) is 5.35. The predicted molar refractivity (Wildman–Crippen MR) is 68.9 cm³/mol. The van der Waals surface area contributed by atoms with Crippen LogP contribution in [0.3, 0.4) is 0 Å². The Morgan fingerprint density at radius 1 is 1.72 bits per heavy atom. The molecule has 1 aliphatic heterocycles. The normalized spacial score (nSPS) is 19.3. The van der Waals surface area contributed by atoms with Crippen LogP contribution >= 0.6 is 11.8 Å². The number of carbonyl (C=O) groups is 1. The molecule has 0 bridgehead atoms. The van der Waals surface area contributed by atoms with Crippen molar-refractivity contribution in [1.82, 2.24) is 9.55 Å². The largest absolute Gasteiger partial charge is 0.481 e. The number of aliphatic carboxylic acids is 1. The molecule has 6 heteroatoms. The highest BCUT2D eigenvalue weighted by Gasteiger charge is 2.19. The zero-order chi connectivity index (χ0) is 13.0. The van der Waals surface area contributed by atoms with Gasteiger partial charge in [-0.15, -0.1) is 0 Å².